The van der Waals surface area contributed by atoms with Gasteiger partial charge in [0.2, 0.25) is 0 Å². The number of hydrogen-bond donors (Lipinski definition) is 0. The molecule has 2 radical (unpaired) electrons. The van der Waals surface area contributed by atoms with Gasteiger partial charge in [0.1, 0.15) is 0 Å². The summed E-state index contributed by atoms with van der Waals surface area (Å²) in [6, 6.07) is 0. The molecule has 1 unspecified atom stereocenters. The number of aromatic nitrogens is 2. The monoisotopic (exact) mass is 251 g/mol. The van der Waals surface area contributed by atoms with Gasteiger partial charge in [0.05, 0.1) is 0 Å². The first-order valence-electron chi connectivity index (χ1n) is 4.77. The summed E-state index contributed by atoms with van der Waals surface area (Å²) in [5, 5.41) is 0. The Kier molecular flexibility index (Phi) is 2.04. The van der Waals surface area contributed by atoms with E-state index in [1.54, 1.807) is 0 Å². The fourth-order valence-electron chi connectivity index (χ4n) is 1.86. The summed E-state index contributed by atoms with van der Waals surface area (Å²) in [6.45, 7) is 0. The predicted molar refractivity (Wildman–Crippen MR) is 59.8 cm³/mol. The maximum absolute atomic E-state index is 4.46. The topological polar surface area (TPSA) is 30.2 Å². The maximum atomic E-state index is 4.46. The van der Waals surface area contributed by atoms with E-state index in [9.17, 15) is 0 Å². The summed E-state index contributed by atoms with van der Waals surface area (Å²) in [4.78, 5) is 8.81. The van der Waals surface area contributed by atoms with Crippen LogP contribution in [0.4, 0.5) is 0 Å². The van der Waals surface area contributed by atoms with Crippen molar-refractivity contribution in [1.82, 2.24) is 8.26 Å². The van der Waals surface area contributed by atoms with Gasteiger partial charge in [-0.1, -0.05) is 0 Å². The van der Waals surface area contributed by atoms with E-state index in [-0.39, 0.29) is 0 Å². The number of hydrogen-bond acceptors (Lipinski definition) is 2. The minimum absolute atomic E-state index is 0.298. The van der Waals surface area contributed by atoms with Gasteiger partial charge in [0.15, 0.2) is 0 Å². The number of fused-ring (bicyclic) bond motifs is 1. The summed E-state index contributed by atoms with van der Waals surface area (Å²) < 4.78 is 2.06. The van der Waals surface area contributed by atoms with Crippen molar-refractivity contribution < 1.29 is 0 Å². The molecule has 0 aromatic carbocycles. The second-order valence-electron chi connectivity index (χ2n) is 3.52. The molecule has 1 aliphatic carbocycles. The van der Waals surface area contributed by atoms with Crippen LogP contribution in [-0.2, 0) is 0 Å². The molecule has 0 saturated heterocycles. The van der Waals surface area contributed by atoms with E-state index in [4.69, 9.17) is 0 Å². The van der Waals surface area contributed by atoms with Crippen LogP contribution in [0.25, 0.3) is 0 Å². The van der Waals surface area contributed by atoms with Crippen LogP contribution < -0.4 is 0 Å². The molecule has 3 nitrogen and oxygen atoms in total. The summed E-state index contributed by atoms with van der Waals surface area (Å²) in [7, 11) is 0. The van der Waals surface area contributed by atoms with Gasteiger partial charge in [-0.3, -0.25) is 0 Å². The molecule has 1 aliphatic heterocycles. The Labute approximate surface area is 98.1 Å². The van der Waals surface area contributed by atoms with Crippen molar-refractivity contribution in [1.29, 1.82) is 0 Å². The van der Waals surface area contributed by atoms with Crippen LogP contribution in [0.3, 0.4) is 0 Å². The Morgan fingerprint density at radius 3 is 3.07 bits per heavy atom. The predicted octanol–water partition coefficient (Wildman–Crippen LogP) is 1.24. The molecule has 0 amide bonds. The third-order valence-electron chi connectivity index (χ3n) is 2.61. The van der Waals surface area contributed by atoms with Crippen LogP contribution in [0, 0.1) is 5.92 Å². The van der Waals surface area contributed by atoms with Crippen LogP contribution in [-0.4, -0.2) is 32.8 Å². The van der Waals surface area contributed by atoms with Crippen molar-refractivity contribution in [2.45, 2.75) is 0 Å². The van der Waals surface area contributed by atoms with Crippen molar-refractivity contribution in [3.63, 3.8) is 0 Å². The number of nitrogens with zero attached hydrogens (tertiary/aromatic N) is 3. The van der Waals surface area contributed by atoms with E-state index in [0.29, 0.717) is 5.92 Å². The van der Waals surface area contributed by atoms with Crippen molar-refractivity contribution in [2.75, 3.05) is 0 Å². The Hall–Kier alpha value is -1.26. The van der Waals surface area contributed by atoms with Gasteiger partial charge in [0.25, 0.3) is 0 Å². The molecule has 15 heavy (non-hydrogen) atoms. The van der Waals surface area contributed by atoms with Gasteiger partial charge in [-0.25, -0.2) is 0 Å². The molecule has 3 rings (SSSR count). The molecule has 2 aliphatic rings. The van der Waals surface area contributed by atoms with Crippen LogP contribution in [0.5, 0.6) is 0 Å². The molecular formula is C11H8GaN3. The molecule has 2 heterocycles. The molecule has 0 saturated carbocycles. The van der Waals surface area contributed by atoms with Crippen molar-refractivity contribution in [2.24, 2.45) is 10.9 Å². The zero-order valence-electron chi connectivity index (χ0n) is 8.04. The van der Waals surface area contributed by atoms with E-state index in [1.807, 2.05) is 24.7 Å². The number of imidazole rings is 1. The van der Waals surface area contributed by atoms with Crippen molar-refractivity contribution in [3.05, 3.63) is 54.3 Å². The van der Waals surface area contributed by atoms with Gasteiger partial charge in [-0.15, -0.1) is 0 Å². The molecule has 1 atom stereocenters. The first-order valence-corrected chi connectivity index (χ1v) is 5.86. The summed E-state index contributed by atoms with van der Waals surface area (Å²) in [5.74, 6) is 1.28. The average Bonchev–Trinajstić information content (AvgIpc) is 2.83. The number of allylic oxidation sites excluding steroid dienone is 5. The van der Waals surface area contributed by atoms with E-state index in [1.165, 1.54) is 24.4 Å². The Bertz CT molecular complexity index is 520. The Balaban J connectivity index is 2.02. The summed E-state index contributed by atoms with van der Waals surface area (Å²) >= 11 is 1.52. The molecule has 0 bridgehead atoms. The van der Waals surface area contributed by atoms with Gasteiger partial charge >= 0.3 is 98.0 Å². The number of rotatable bonds is 1. The summed E-state index contributed by atoms with van der Waals surface area (Å²) in [5.41, 5.74) is 2.31. The second kappa shape index (κ2) is 3.39. The molecule has 70 valence electrons. The van der Waals surface area contributed by atoms with E-state index in [0.717, 1.165) is 11.5 Å². The standard InChI is InChI=1S/C11H8N3.Ga/c1-2-4-9-8(3-1)7-14-10(9)11-12-5-6-13-11;/h1-7,9H;/q-1;+1. The van der Waals surface area contributed by atoms with Crippen LogP contribution in [0.1, 0.15) is 5.82 Å². The van der Waals surface area contributed by atoms with Gasteiger partial charge in [0, 0.05) is 0 Å². The zero-order valence-corrected chi connectivity index (χ0v) is 10.5. The summed E-state index contributed by atoms with van der Waals surface area (Å²) in [6.07, 6.45) is 14.1. The molecule has 4 heteroatoms. The molecule has 1 aromatic heterocycles. The normalized spacial score (nSPS) is 22.5. The first kappa shape index (κ1) is 9.00. The van der Waals surface area contributed by atoms with Crippen LogP contribution >= 0.6 is 0 Å². The minimum atomic E-state index is 0.298. The molecule has 0 N–H and O–H groups in total. The quantitative estimate of drug-likeness (QED) is 0.691. The fourth-order valence-corrected chi connectivity index (χ4v) is 2.44. The van der Waals surface area contributed by atoms with Crippen molar-refractivity contribution >= 4 is 24.6 Å². The SMILES string of the molecule is [Ga][n]1ccnc1C1=NC=C2C=CC=CC21. The van der Waals surface area contributed by atoms with E-state index < -0.39 is 0 Å². The fraction of sp³-hybridized carbons (Fsp3) is 0.0909. The number of aliphatic imine (C=N–C) groups is 1. The van der Waals surface area contributed by atoms with Crippen LogP contribution in [0.15, 0.2) is 53.5 Å². The third kappa shape index (κ3) is 1.37. The second-order valence-corrected chi connectivity index (χ2v) is 4.69. The first-order chi connectivity index (χ1) is 7.36. The van der Waals surface area contributed by atoms with E-state index >= 15 is 0 Å². The van der Waals surface area contributed by atoms with E-state index in [2.05, 4.69) is 31.5 Å². The molecular weight excluding hydrogens is 244 g/mol. The van der Waals surface area contributed by atoms with Crippen molar-refractivity contribution in [3.8, 4) is 0 Å². The molecule has 0 fully saturated rings. The molecule has 1 aromatic rings. The Morgan fingerprint density at radius 2 is 2.27 bits per heavy atom. The van der Waals surface area contributed by atoms with Gasteiger partial charge in [-0.2, -0.15) is 0 Å². The Morgan fingerprint density at radius 1 is 1.33 bits per heavy atom. The van der Waals surface area contributed by atoms with Gasteiger partial charge < -0.3 is 0 Å². The van der Waals surface area contributed by atoms with Crippen LogP contribution in [0.2, 0.25) is 0 Å². The molecule has 0 spiro atoms. The van der Waals surface area contributed by atoms with Gasteiger partial charge in [-0.05, 0) is 0 Å². The zero-order chi connectivity index (χ0) is 10.3. The average molecular weight is 252 g/mol. The third-order valence-corrected chi connectivity index (χ3v) is 3.48.